The van der Waals surface area contributed by atoms with Gasteiger partial charge in [0.25, 0.3) is 0 Å². The van der Waals surface area contributed by atoms with E-state index in [0.29, 0.717) is 6.54 Å². The predicted molar refractivity (Wildman–Crippen MR) is 88.9 cm³/mol. The third-order valence-corrected chi connectivity index (χ3v) is 4.27. The first-order chi connectivity index (χ1) is 10.8. The highest BCUT2D eigenvalue weighted by molar-refractivity contribution is 7.13. The third-order valence-electron chi connectivity index (χ3n) is 3.44. The maximum absolute atomic E-state index is 11.9. The largest absolute Gasteiger partial charge is 0.339 e. The third kappa shape index (κ3) is 3.05. The molecular formula is C16H16N4OS. The van der Waals surface area contributed by atoms with Crippen molar-refractivity contribution >= 4 is 28.2 Å². The number of carbonyl (C=O) groups excluding carboxylic acids is 1. The Bertz CT molecular complexity index is 730. The molecule has 0 saturated carbocycles. The Hall–Kier alpha value is -2.52. The number of urea groups is 1. The second-order valence-corrected chi connectivity index (χ2v) is 5.72. The van der Waals surface area contributed by atoms with Crippen LogP contribution in [0.1, 0.15) is 18.1 Å². The summed E-state index contributed by atoms with van der Waals surface area (Å²) in [5, 5.41) is 8.60. The molecule has 0 radical (unpaired) electrons. The molecule has 1 aromatic heterocycles. The summed E-state index contributed by atoms with van der Waals surface area (Å²) in [7, 11) is 0. The number of hydrogen-bond acceptors (Lipinski definition) is 4. The Balaban J connectivity index is 1.72. The van der Waals surface area contributed by atoms with Crippen molar-refractivity contribution in [3.8, 4) is 11.8 Å². The number of carbonyl (C=O) groups is 1. The molecule has 5 nitrogen and oxygen atoms in total. The van der Waals surface area contributed by atoms with Crippen LogP contribution in [0.2, 0.25) is 0 Å². The van der Waals surface area contributed by atoms with Gasteiger partial charge in [0.05, 0.1) is 6.54 Å². The molecule has 0 saturated heterocycles. The molecule has 112 valence electrons. The topological polar surface area (TPSA) is 57.3 Å². The maximum atomic E-state index is 11.9. The number of hydrogen-bond donors (Lipinski definition) is 2. The smallest absolute Gasteiger partial charge is 0.320 e. The van der Waals surface area contributed by atoms with Crippen LogP contribution in [-0.2, 0) is 13.1 Å². The Labute approximate surface area is 133 Å². The van der Waals surface area contributed by atoms with Gasteiger partial charge in [-0.3, -0.25) is 0 Å². The van der Waals surface area contributed by atoms with Crippen molar-refractivity contribution in [2.24, 2.45) is 0 Å². The van der Waals surface area contributed by atoms with Crippen molar-refractivity contribution in [3.05, 3.63) is 40.9 Å². The van der Waals surface area contributed by atoms with Crippen LogP contribution in [0.4, 0.5) is 15.6 Å². The zero-order chi connectivity index (χ0) is 15.4. The lowest BCUT2D eigenvalue weighted by Gasteiger charge is -2.13. The second-order valence-electron chi connectivity index (χ2n) is 4.85. The van der Waals surface area contributed by atoms with Gasteiger partial charge in [0.1, 0.15) is 0 Å². The first-order valence-electron chi connectivity index (χ1n) is 6.97. The van der Waals surface area contributed by atoms with Crippen LogP contribution in [0.3, 0.4) is 0 Å². The van der Waals surface area contributed by atoms with E-state index in [9.17, 15) is 4.79 Å². The Kier molecular flexibility index (Phi) is 4.26. The van der Waals surface area contributed by atoms with Crippen molar-refractivity contribution in [3.63, 3.8) is 0 Å². The summed E-state index contributed by atoms with van der Waals surface area (Å²) in [4.78, 5) is 18.4. The molecule has 1 aliphatic rings. The second kappa shape index (κ2) is 6.50. The molecule has 6 heteroatoms. The molecule has 2 N–H and O–H groups in total. The molecule has 0 aliphatic carbocycles. The van der Waals surface area contributed by atoms with Gasteiger partial charge in [0, 0.05) is 35.9 Å². The lowest BCUT2D eigenvalue weighted by Crippen LogP contribution is -2.29. The van der Waals surface area contributed by atoms with Crippen LogP contribution in [0.15, 0.2) is 29.8 Å². The van der Waals surface area contributed by atoms with E-state index in [1.54, 1.807) is 18.3 Å². The molecule has 2 amide bonds. The van der Waals surface area contributed by atoms with Gasteiger partial charge < -0.3 is 15.5 Å². The minimum atomic E-state index is -0.233. The van der Waals surface area contributed by atoms with Crippen molar-refractivity contribution < 1.29 is 4.79 Å². The Morgan fingerprint density at radius 2 is 2.36 bits per heavy atom. The van der Waals surface area contributed by atoms with E-state index in [-0.39, 0.29) is 6.03 Å². The maximum Gasteiger partial charge on any atom is 0.320 e. The van der Waals surface area contributed by atoms with Crippen LogP contribution >= 0.6 is 11.3 Å². The number of thiazole rings is 1. The minimum Gasteiger partial charge on any atom is -0.339 e. The van der Waals surface area contributed by atoms with E-state index in [1.807, 2.05) is 23.7 Å². The molecule has 0 spiro atoms. The first kappa shape index (κ1) is 14.4. The molecule has 0 fully saturated rings. The SMILES string of the molecule is CC#CCNC(=O)Nc1cccc2c1CN(c1nccs1)C2. The molecule has 0 unspecified atom stereocenters. The zero-order valence-electron chi connectivity index (χ0n) is 12.2. The molecule has 0 bridgehead atoms. The lowest BCUT2D eigenvalue weighted by atomic mass is 10.1. The molecule has 3 rings (SSSR count). The summed E-state index contributed by atoms with van der Waals surface area (Å²) in [5.74, 6) is 5.55. The van der Waals surface area contributed by atoms with Gasteiger partial charge in [-0.15, -0.1) is 17.3 Å². The summed E-state index contributed by atoms with van der Waals surface area (Å²) >= 11 is 1.62. The normalized spacial score (nSPS) is 12.3. The van der Waals surface area contributed by atoms with Crippen LogP contribution in [0.5, 0.6) is 0 Å². The summed E-state index contributed by atoms with van der Waals surface area (Å²) < 4.78 is 0. The minimum absolute atomic E-state index is 0.233. The van der Waals surface area contributed by atoms with Crippen LogP contribution < -0.4 is 15.5 Å². The summed E-state index contributed by atoms with van der Waals surface area (Å²) in [6, 6.07) is 5.75. The fraction of sp³-hybridized carbons (Fsp3) is 0.250. The molecule has 0 atom stereocenters. The van der Waals surface area contributed by atoms with Crippen molar-refractivity contribution in [1.82, 2.24) is 10.3 Å². The average Bonchev–Trinajstić information content (AvgIpc) is 3.17. The van der Waals surface area contributed by atoms with Crippen LogP contribution in [0.25, 0.3) is 0 Å². The highest BCUT2D eigenvalue weighted by atomic mass is 32.1. The standard InChI is InChI=1S/C16H16N4OS/c1-2-3-7-17-15(21)19-14-6-4-5-12-10-20(11-13(12)14)16-18-8-9-22-16/h4-6,8-9H,7,10-11H2,1H3,(H2,17,19,21). The van der Waals surface area contributed by atoms with Gasteiger partial charge in [-0.25, -0.2) is 9.78 Å². The van der Waals surface area contributed by atoms with Gasteiger partial charge >= 0.3 is 6.03 Å². The van der Waals surface area contributed by atoms with Crippen molar-refractivity contribution in [2.75, 3.05) is 16.8 Å². The quantitative estimate of drug-likeness (QED) is 0.857. The summed E-state index contributed by atoms with van der Waals surface area (Å²) in [6.45, 7) is 3.68. The molecule has 1 aromatic carbocycles. The highest BCUT2D eigenvalue weighted by Gasteiger charge is 2.23. The monoisotopic (exact) mass is 312 g/mol. The number of nitrogens with zero attached hydrogens (tertiary/aromatic N) is 2. The number of rotatable bonds is 3. The fourth-order valence-electron chi connectivity index (χ4n) is 2.43. The van der Waals surface area contributed by atoms with Crippen LogP contribution in [0, 0.1) is 11.8 Å². The van der Waals surface area contributed by atoms with E-state index < -0.39 is 0 Å². The number of nitrogens with one attached hydrogen (secondary N) is 2. The molecular weight excluding hydrogens is 296 g/mol. The summed E-state index contributed by atoms with van der Waals surface area (Å²) in [5.41, 5.74) is 3.22. The Morgan fingerprint density at radius 1 is 1.45 bits per heavy atom. The van der Waals surface area contributed by atoms with Crippen LogP contribution in [-0.4, -0.2) is 17.6 Å². The first-order valence-corrected chi connectivity index (χ1v) is 7.85. The molecule has 1 aliphatic heterocycles. The zero-order valence-corrected chi connectivity index (χ0v) is 13.0. The average molecular weight is 312 g/mol. The number of benzene rings is 1. The number of aromatic nitrogens is 1. The van der Waals surface area contributed by atoms with E-state index in [4.69, 9.17) is 0 Å². The van der Waals surface area contributed by atoms with Crippen molar-refractivity contribution in [2.45, 2.75) is 20.0 Å². The van der Waals surface area contributed by atoms with Crippen molar-refractivity contribution in [1.29, 1.82) is 0 Å². The van der Waals surface area contributed by atoms with Gasteiger partial charge in [0.15, 0.2) is 5.13 Å². The van der Waals surface area contributed by atoms with Gasteiger partial charge in [-0.05, 0) is 18.6 Å². The summed E-state index contributed by atoms with van der Waals surface area (Å²) in [6.07, 6.45) is 1.81. The number of amides is 2. The lowest BCUT2D eigenvalue weighted by molar-refractivity contribution is 0.253. The Morgan fingerprint density at radius 3 is 3.14 bits per heavy atom. The van der Waals surface area contributed by atoms with E-state index in [2.05, 4.69) is 38.4 Å². The number of fused-ring (bicyclic) bond motifs is 1. The highest BCUT2D eigenvalue weighted by Crippen LogP contribution is 2.33. The van der Waals surface area contributed by atoms with Gasteiger partial charge in [-0.2, -0.15) is 0 Å². The number of anilines is 2. The molecule has 2 aromatic rings. The van der Waals surface area contributed by atoms with E-state index >= 15 is 0 Å². The van der Waals surface area contributed by atoms with Gasteiger partial charge in [0.2, 0.25) is 0 Å². The molecule has 22 heavy (non-hydrogen) atoms. The van der Waals surface area contributed by atoms with E-state index in [1.165, 1.54) is 5.56 Å². The fourth-order valence-corrected chi connectivity index (χ4v) is 3.07. The van der Waals surface area contributed by atoms with E-state index in [0.717, 1.165) is 29.5 Å². The predicted octanol–water partition coefficient (Wildman–Crippen LogP) is 2.81. The molecule has 2 heterocycles. The van der Waals surface area contributed by atoms with Gasteiger partial charge in [-0.1, -0.05) is 18.1 Å².